The van der Waals surface area contributed by atoms with Crippen LogP contribution in [-0.4, -0.2) is 53.2 Å². The number of ketones is 1. The number of hydrogen-bond acceptors (Lipinski definition) is 5. The van der Waals surface area contributed by atoms with Crippen molar-refractivity contribution >= 4 is 5.78 Å². The standard InChI is InChI=1S/C23H29NO4/c1-5-12-24-13-11-22-19-15(3)7-8-18(27-14-6-2)20(19)28-21(22)17(25)9-10-23(22,26)16(24)4/h5-8,16,21,26H,1-2,9-14H2,3-4H3/t16?,21-,22?,23?/m0/s1. The molecular weight excluding hydrogens is 354 g/mol. The van der Waals surface area contributed by atoms with E-state index in [0.717, 1.165) is 17.7 Å². The fourth-order valence-electron chi connectivity index (χ4n) is 5.68. The van der Waals surface area contributed by atoms with E-state index < -0.39 is 17.1 Å². The van der Waals surface area contributed by atoms with Crippen LogP contribution in [0.3, 0.4) is 0 Å². The zero-order valence-electron chi connectivity index (χ0n) is 16.7. The van der Waals surface area contributed by atoms with Crippen LogP contribution in [0, 0.1) is 6.92 Å². The highest BCUT2D eigenvalue weighted by Crippen LogP contribution is 2.61. The summed E-state index contributed by atoms with van der Waals surface area (Å²) in [6.07, 6.45) is 4.32. The first-order valence-corrected chi connectivity index (χ1v) is 10.0. The molecule has 3 unspecified atom stereocenters. The predicted octanol–water partition coefficient (Wildman–Crippen LogP) is 2.93. The van der Waals surface area contributed by atoms with E-state index in [1.165, 1.54) is 0 Å². The predicted molar refractivity (Wildman–Crippen MR) is 108 cm³/mol. The number of nitrogens with zero attached hydrogens (tertiary/aromatic N) is 1. The van der Waals surface area contributed by atoms with Crippen LogP contribution in [0.25, 0.3) is 0 Å². The van der Waals surface area contributed by atoms with Gasteiger partial charge >= 0.3 is 0 Å². The van der Waals surface area contributed by atoms with E-state index in [1.807, 2.05) is 25.1 Å². The van der Waals surface area contributed by atoms with Crippen LogP contribution < -0.4 is 9.47 Å². The third-order valence-corrected chi connectivity index (χ3v) is 7.03. The van der Waals surface area contributed by atoms with Crippen LogP contribution >= 0.6 is 0 Å². The summed E-state index contributed by atoms with van der Waals surface area (Å²) in [7, 11) is 0. The third-order valence-electron chi connectivity index (χ3n) is 7.03. The van der Waals surface area contributed by atoms with E-state index in [9.17, 15) is 9.90 Å². The molecular formula is C23H29NO4. The quantitative estimate of drug-likeness (QED) is 0.793. The molecule has 4 atom stereocenters. The molecule has 150 valence electrons. The smallest absolute Gasteiger partial charge is 0.174 e. The van der Waals surface area contributed by atoms with Crippen LogP contribution in [0.2, 0.25) is 0 Å². The van der Waals surface area contributed by atoms with E-state index in [1.54, 1.807) is 6.08 Å². The normalized spacial score (nSPS) is 34.0. The summed E-state index contributed by atoms with van der Waals surface area (Å²) >= 11 is 0. The number of Topliss-reactive ketones (excluding diaryl/α,β-unsaturated/α-hetero) is 1. The maximum atomic E-state index is 13.0. The lowest BCUT2D eigenvalue weighted by atomic mass is 9.52. The number of carbonyl (C=O) groups excluding carboxylic acids is 1. The molecule has 2 aliphatic heterocycles. The lowest BCUT2D eigenvalue weighted by Crippen LogP contribution is -2.73. The second kappa shape index (κ2) is 6.75. The molecule has 0 aromatic heterocycles. The highest BCUT2D eigenvalue weighted by atomic mass is 16.5. The first-order chi connectivity index (χ1) is 13.4. The number of piperidine rings is 1. The van der Waals surface area contributed by atoms with Crippen molar-refractivity contribution in [3.05, 3.63) is 48.6 Å². The van der Waals surface area contributed by atoms with E-state index in [4.69, 9.17) is 9.47 Å². The highest BCUT2D eigenvalue weighted by Gasteiger charge is 2.70. The summed E-state index contributed by atoms with van der Waals surface area (Å²) in [4.78, 5) is 15.2. The SMILES string of the molecule is C=CCOc1ccc(C)c2c1O[C@H]1C(=O)CCC3(O)C(C)N(CC=C)CCC213. The molecule has 0 bridgehead atoms. The van der Waals surface area contributed by atoms with E-state index >= 15 is 0 Å². The van der Waals surface area contributed by atoms with Crippen molar-refractivity contribution in [2.75, 3.05) is 19.7 Å². The summed E-state index contributed by atoms with van der Waals surface area (Å²) in [6.45, 7) is 13.5. The summed E-state index contributed by atoms with van der Waals surface area (Å²) < 4.78 is 12.1. The van der Waals surface area contributed by atoms with Crippen molar-refractivity contribution in [1.29, 1.82) is 0 Å². The Balaban J connectivity index is 1.90. The molecule has 1 saturated carbocycles. The van der Waals surface area contributed by atoms with Gasteiger partial charge in [0.1, 0.15) is 6.61 Å². The van der Waals surface area contributed by atoms with Crippen LogP contribution in [0.15, 0.2) is 37.4 Å². The van der Waals surface area contributed by atoms with Gasteiger partial charge in [-0.2, -0.15) is 0 Å². The second-order valence-electron chi connectivity index (χ2n) is 8.25. The molecule has 1 spiro atoms. The monoisotopic (exact) mass is 383 g/mol. The number of aryl methyl sites for hydroxylation is 1. The fourth-order valence-corrected chi connectivity index (χ4v) is 5.68. The average Bonchev–Trinajstić information content (AvgIpc) is 3.05. The van der Waals surface area contributed by atoms with Crippen molar-refractivity contribution in [3.8, 4) is 11.5 Å². The number of benzene rings is 1. The average molecular weight is 383 g/mol. The van der Waals surface area contributed by atoms with Crippen LogP contribution in [0.1, 0.15) is 37.3 Å². The molecule has 0 amide bonds. The van der Waals surface area contributed by atoms with E-state index in [0.29, 0.717) is 43.9 Å². The van der Waals surface area contributed by atoms with Crippen molar-refractivity contribution in [2.24, 2.45) is 0 Å². The molecule has 3 aliphatic rings. The van der Waals surface area contributed by atoms with Gasteiger partial charge in [-0.1, -0.05) is 24.8 Å². The molecule has 1 aromatic carbocycles. The third kappa shape index (κ3) is 2.36. The fraction of sp³-hybridized carbons (Fsp3) is 0.522. The van der Waals surface area contributed by atoms with Gasteiger partial charge in [-0.3, -0.25) is 9.69 Å². The summed E-state index contributed by atoms with van der Waals surface area (Å²) in [5, 5.41) is 12.1. The van der Waals surface area contributed by atoms with Crippen molar-refractivity contribution in [3.63, 3.8) is 0 Å². The number of likely N-dealkylation sites (tertiary alicyclic amines) is 1. The minimum Gasteiger partial charge on any atom is -0.486 e. The Bertz CT molecular complexity index is 834. The molecule has 1 aromatic rings. The Hall–Kier alpha value is -2.11. The summed E-state index contributed by atoms with van der Waals surface area (Å²) in [5.74, 6) is 1.30. The van der Waals surface area contributed by atoms with Gasteiger partial charge in [0.2, 0.25) is 0 Å². The molecule has 1 saturated heterocycles. The Morgan fingerprint density at radius 3 is 2.86 bits per heavy atom. The highest BCUT2D eigenvalue weighted by molar-refractivity contribution is 5.89. The summed E-state index contributed by atoms with van der Waals surface area (Å²) in [5.41, 5.74) is 0.174. The zero-order valence-corrected chi connectivity index (χ0v) is 16.7. The number of rotatable bonds is 5. The van der Waals surface area contributed by atoms with E-state index in [-0.39, 0.29) is 11.8 Å². The van der Waals surface area contributed by atoms with Gasteiger partial charge in [-0.05, 0) is 44.9 Å². The number of carbonyl (C=O) groups is 1. The minimum atomic E-state index is -1.06. The van der Waals surface area contributed by atoms with Crippen LogP contribution in [-0.2, 0) is 10.2 Å². The molecule has 2 fully saturated rings. The van der Waals surface area contributed by atoms with Gasteiger partial charge < -0.3 is 14.6 Å². The van der Waals surface area contributed by atoms with Gasteiger partial charge in [-0.15, -0.1) is 6.58 Å². The molecule has 28 heavy (non-hydrogen) atoms. The molecule has 5 nitrogen and oxygen atoms in total. The molecule has 1 N–H and O–H groups in total. The second-order valence-corrected chi connectivity index (χ2v) is 8.25. The lowest BCUT2D eigenvalue weighted by Gasteiger charge is -2.59. The van der Waals surface area contributed by atoms with Gasteiger partial charge in [0.05, 0.1) is 11.0 Å². The number of fused-ring (bicyclic) bond motifs is 1. The maximum absolute atomic E-state index is 13.0. The van der Waals surface area contributed by atoms with Crippen LogP contribution in [0.4, 0.5) is 0 Å². The largest absolute Gasteiger partial charge is 0.486 e. The molecule has 4 rings (SSSR count). The number of hydrogen-bond donors (Lipinski definition) is 1. The molecule has 0 radical (unpaired) electrons. The number of ether oxygens (including phenoxy) is 2. The maximum Gasteiger partial charge on any atom is 0.174 e. The lowest BCUT2D eigenvalue weighted by molar-refractivity contribution is -0.180. The van der Waals surface area contributed by atoms with Gasteiger partial charge in [0.25, 0.3) is 0 Å². The van der Waals surface area contributed by atoms with Gasteiger partial charge in [-0.25, -0.2) is 0 Å². The van der Waals surface area contributed by atoms with Gasteiger partial charge in [0, 0.05) is 24.6 Å². The topological polar surface area (TPSA) is 59.0 Å². The number of aliphatic hydroxyl groups is 1. The summed E-state index contributed by atoms with van der Waals surface area (Å²) in [6, 6.07) is 3.77. The Kier molecular flexibility index (Phi) is 4.63. The van der Waals surface area contributed by atoms with Gasteiger partial charge in [0.15, 0.2) is 23.4 Å². The zero-order chi connectivity index (χ0) is 20.1. The van der Waals surface area contributed by atoms with Crippen LogP contribution in [0.5, 0.6) is 11.5 Å². The molecule has 2 heterocycles. The molecule has 5 heteroatoms. The molecule has 1 aliphatic carbocycles. The van der Waals surface area contributed by atoms with Crippen molar-refractivity contribution in [2.45, 2.75) is 56.3 Å². The first kappa shape index (κ1) is 19.2. The van der Waals surface area contributed by atoms with Crippen molar-refractivity contribution in [1.82, 2.24) is 4.90 Å². The first-order valence-electron chi connectivity index (χ1n) is 10.0. The Labute approximate surface area is 166 Å². The Morgan fingerprint density at radius 2 is 2.14 bits per heavy atom. The minimum absolute atomic E-state index is 0.0688. The Morgan fingerprint density at radius 1 is 1.36 bits per heavy atom. The van der Waals surface area contributed by atoms with Crippen molar-refractivity contribution < 1.29 is 19.4 Å². The van der Waals surface area contributed by atoms with E-state index in [2.05, 4.69) is 25.0 Å².